The predicted molar refractivity (Wildman–Crippen MR) is 123 cm³/mol. The minimum Gasteiger partial charge on any atom is -0.457 e. The molecule has 0 radical (unpaired) electrons. The Bertz CT molecular complexity index is 1290. The van der Waals surface area contributed by atoms with Crippen molar-refractivity contribution in [3.63, 3.8) is 0 Å². The second kappa shape index (κ2) is 8.99. The van der Waals surface area contributed by atoms with Crippen molar-refractivity contribution < 1.29 is 14.6 Å². The molecule has 5 rings (SSSR count). The highest BCUT2D eigenvalue weighted by molar-refractivity contribution is 5.94. The second-order valence-corrected chi connectivity index (χ2v) is 8.94. The number of nitrogens with one attached hydrogen (secondary N) is 1. The predicted octanol–water partition coefficient (Wildman–Crippen LogP) is 1.93. The molecule has 3 aromatic rings. The summed E-state index contributed by atoms with van der Waals surface area (Å²) >= 11 is 0. The van der Waals surface area contributed by atoms with Crippen LogP contribution in [0.5, 0.6) is 0 Å². The summed E-state index contributed by atoms with van der Waals surface area (Å²) in [6, 6.07) is 7.77. The van der Waals surface area contributed by atoms with Crippen molar-refractivity contribution in [1.82, 2.24) is 25.0 Å². The third-order valence-corrected chi connectivity index (χ3v) is 6.65. The highest BCUT2D eigenvalue weighted by Gasteiger charge is 2.31. The average molecular weight is 459 g/mol. The molecule has 4 heterocycles. The number of aliphatic hydroxyl groups is 1. The van der Waals surface area contributed by atoms with E-state index in [4.69, 9.17) is 10.00 Å². The molecule has 2 aromatic heterocycles. The molecule has 9 heteroatoms. The number of cyclic esters (lactones) is 1. The number of rotatable bonds is 5. The van der Waals surface area contributed by atoms with Crippen molar-refractivity contribution in [3.8, 4) is 11.9 Å². The topological polar surface area (TPSA) is 116 Å². The molecule has 0 saturated carbocycles. The van der Waals surface area contributed by atoms with Gasteiger partial charge in [-0.05, 0) is 42.7 Å². The first-order valence-corrected chi connectivity index (χ1v) is 11.3. The van der Waals surface area contributed by atoms with Gasteiger partial charge in [0.15, 0.2) is 5.82 Å². The van der Waals surface area contributed by atoms with Crippen molar-refractivity contribution in [2.75, 3.05) is 19.7 Å². The van der Waals surface area contributed by atoms with Gasteiger partial charge in [-0.1, -0.05) is 6.07 Å². The first-order valence-electron chi connectivity index (χ1n) is 11.3. The number of carbonyl (C=O) groups excluding carboxylic acids is 1. The zero-order valence-corrected chi connectivity index (χ0v) is 19.2. The van der Waals surface area contributed by atoms with Gasteiger partial charge in [-0.15, -0.1) is 0 Å². The van der Waals surface area contributed by atoms with E-state index >= 15 is 0 Å². The number of hydrogen-bond acceptors (Lipinski definition) is 8. The van der Waals surface area contributed by atoms with Gasteiger partial charge < -0.3 is 15.2 Å². The van der Waals surface area contributed by atoms with E-state index in [9.17, 15) is 9.90 Å². The van der Waals surface area contributed by atoms with Gasteiger partial charge in [0.1, 0.15) is 12.7 Å². The molecule has 2 aliphatic rings. The van der Waals surface area contributed by atoms with E-state index in [1.165, 1.54) is 0 Å². The number of aryl methyl sites for hydroxylation is 1. The summed E-state index contributed by atoms with van der Waals surface area (Å²) in [4.78, 5) is 18.6. The number of aromatic nitrogens is 3. The Morgan fingerprint density at radius 1 is 1.29 bits per heavy atom. The maximum absolute atomic E-state index is 11.9. The fourth-order valence-corrected chi connectivity index (χ4v) is 4.82. The van der Waals surface area contributed by atoms with Crippen LogP contribution in [0.25, 0.3) is 5.82 Å². The number of nitrogens with zero attached hydrogens (tertiary/aromatic N) is 5. The SMILES string of the molecule is Cc1cc(-n2cc(CN3C[C@H](CO)N[C@H](c4ccc5c(c4C)COC5=O)C3)cn2)ncc1C#N. The second-order valence-electron chi connectivity index (χ2n) is 8.94. The lowest BCUT2D eigenvalue weighted by molar-refractivity contribution is 0.0535. The first-order chi connectivity index (χ1) is 16.5. The largest absolute Gasteiger partial charge is 0.457 e. The monoisotopic (exact) mass is 458 g/mol. The molecule has 9 nitrogen and oxygen atoms in total. The third kappa shape index (κ3) is 4.07. The van der Waals surface area contributed by atoms with E-state index in [1.807, 2.05) is 44.4 Å². The molecule has 174 valence electrons. The van der Waals surface area contributed by atoms with Gasteiger partial charge in [-0.2, -0.15) is 10.4 Å². The molecule has 1 aromatic carbocycles. The Hall–Kier alpha value is -3.58. The van der Waals surface area contributed by atoms with Gasteiger partial charge in [0.2, 0.25) is 0 Å². The highest BCUT2D eigenvalue weighted by Crippen LogP contribution is 2.31. The minimum atomic E-state index is -0.264. The molecule has 0 aliphatic carbocycles. The lowest BCUT2D eigenvalue weighted by Crippen LogP contribution is -2.53. The lowest BCUT2D eigenvalue weighted by atomic mass is 9.92. The van der Waals surface area contributed by atoms with Crippen molar-refractivity contribution in [2.24, 2.45) is 0 Å². The van der Waals surface area contributed by atoms with Gasteiger partial charge >= 0.3 is 5.97 Å². The number of ether oxygens (including phenoxy) is 1. The molecule has 2 atom stereocenters. The summed E-state index contributed by atoms with van der Waals surface area (Å²) in [7, 11) is 0. The molecule has 2 N–H and O–H groups in total. The Morgan fingerprint density at radius 3 is 2.91 bits per heavy atom. The quantitative estimate of drug-likeness (QED) is 0.557. The molecule has 0 unspecified atom stereocenters. The van der Waals surface area contributed by atoms with Crippen molar-refractivity contribution in [1.29, 1.82) is 5.26 Å². The standard InChI is InChI=1S/C25H26N6O3/c1-15-5-24(27-8-18(15)6-26)31-10-17(7-28-31)9-30-11-19(13-32)29-23(12-30)20-3-4-21-22(16(20)2)14-34-25(21)33/h3-5,7-8,10,19,23,29,32H,9,11-14H2,1-2H3/t19-,23+/m1/s1. The summed E-state index contributed by atoms with van der Waals surface area (Å²) in [5, 5.41) is 27.1. The normalized spacial score (nSPS) is 20.1. The van der Waals surface area contributed by atoms with Gasteiger partial charge in [-0.3, -0.25) is 4.90 Å². The molecule has 2 aliphatic heterocycles. The summed E-state index contributed by atoms with van der Waals surface area (Å²) in [6.45, 7) is 6.40. The minimum absolute atomic E-state index is 0.0183. The van der Waals surface area contributed by atoms with Crippen LogP contribution in [0.4, 0.5) is 0 Å². The van der Waals surface area contributed by atoms with Gasteiger partial charge in [-0.25, -0.2) is 14.5 Å². The van der Waals surface area contributed by atoms with Gasteiger partial charge in [0, 0.05) is 55.2 Å². The number of hydrogen-bond donors (Lipinski definition) is 2. The van der Waals surface area contributed by atoms with E-state index in [0.29, 0.717) is 36.6 Å². The molecular weight excluding hydrogens is 432 g/mol. The van der Waals surface area contributed by atoms with Gasteiger partial charge in [0.25, 0.3) is 0 Å². The maximum atomic E-state index is 11.9. The van der Waals surface area contributed by atoms with Crippen LogP contribution >= 0.6 is 0 Å². The number of piperazine rings is 1. The van der Waals surface area contributed by atoms with Crippen LogP contribution in [0.15, 0.2) is 36.8 Å². The van der Waals surface area contributed by atoms with E-state index in [0.717, 1.165) is 34.4 Å². The van der Waals surface area contributed by atoms with Gasteiger partial charge in [0.05, 0.1) is 23.9 Å². The van der Waals surface area contributed by atoms with Crippen molar-refractivity contribution in [2.45, 2.75) is 39.1 Å². The zero-order chi connectivity index (χ0) is 23.8. The van der Waals surface area contributed by atoms with Crippen LogP contribution in [0.2, 0.25) is 0 Å². The average Bonchev–Trinajstić information content (AvgIpc) is 3.46. The number of aliphatic hydroxyl groups excluding tert-OH is 1. The summed E-state index contributed by atoms with van der Waals surface area (Å²) < 4.78 is 6.92. The van der Waals surface area contributed by atoms with Crippen LogP contribution in [-0.2, 0) is 17.9 Å². The van der Waals surface area contributed by atoms with Crippen LogP contribution in [0, 0.1) is 25.2 Å². The maximum Gasteiger partial charge on any atom is 0.338 e. The Labute approximate surface area is 197 Å². The fourth-order valence-electron chi connectivity index (χ4n) is 4.82. The van der Waals surface area contributed by atoms with Crippen LogP contribution in [0.1, 0.15) is 49.8 Å². The van der Waals surface area contributed by atoms with E-state index in [1.54, 1.807) is 10.9 Å². The van der Waals surface area contributed by atoms with Crippen molar-refractivity contribution in [3.05, 3.63) is 75.7 Å². The number of nitriles is 1. The molecule has 0 amide bonds. The molecular formula is C25H26N6O3. The Kier molecular flexibility index (Phi) is 5.87. The number of carbonyl (C=O) groups is 1. The fraction of sp³-hybridized carbons (Fsp3) is 0.360. The number of pyridine rings is 1. The van der Waals surface area contributed by atoms with Crippen molar-refractivity contribution >= 4 is 5.97 Å². The molecule has 1 fully saturated rings. The lowest BCUT2D eigenvalue weighted by Gasteiger charge is -2.39. The van der Waals surface area contributed by atoms with Crippen LogP contribution < -0.4 is 5.32 Å². The first kappa shape index (κ1) is 22.2. The number of esters is 1. The van der Waals surface area contributed by atoms with E-state index < -0.39 is 0 Å². The molecule has 34 heavy (non-hydrogen) atoms. The zero-order valence-electron chi connectivity index (χ0n) is 19.2. The molecule has 0 spiro atoms. The smallest absolute Gasteiger partial charge is 0.338 e. The molecule has 0 bridgehead atoms. The Balaban J connectivity index is 1.35. The van der Waals surface area contributed by atoms with Crippen LogP contribution in [0.3, 0.4) is 0 Å². The number of fused-ring (bicyclic) bond motifs is 1. The Morgan fingerprint density at radius 2 is 2.15 bits per heavy atom. The molecule has 1 saturated heterocycles. The third-order valence-electron chi connectivity index (χ3n) is 6.65. The highest BCUT2D eigenvalue weighted by atomic mass is 16.5. The number of benzene rings is 1. The van der Waals surface area contributed by atoms with E-state index in [-0.39, 0.29) is 24.7 Å². The van der Waals surface area contributed by atoms with E-state index in [2.05, 4.69) is 26.4 Å². The van der Waals surface area contributed by atoms with Crippen LogP contribution in [-0.4, -0.2) is 56.5 Å². The summed E-state index contributed by atoms with van der Waals surface area (Å²) in [6.07, 6.45) is 5.34. The summed E-state index contributed by atoms with van der Waals surface area (Å²) in [5.41, 5.74) is 6.22. The summed E-state index contributed by atoms with van der Waals surface area (Å²) in [5.74, 6) is 0.403.